The number of benzene rings is 2. The van der Waals surface area contributed by atoms with Gasteiger partial charge in [-0.25, -0.2) is 0 Å². The van der Waals surface area contributed by atoms with Crippen LogP contribution >= 0.6 is 0 Å². The van der Waals surface area contributed by atoms with Crippen LogP contribution in [0, 0.1) is 5.92 Å². The minimum Gasteiger partial charge on any atom is -0.392 e. The van der Waals surface area contributed by atoms with Crippen molar-refractivity contribution in [2.45, 2.75) is 31.1 Å². The van der Waals surface area contributed by atoms with Crippen molar-refractivity contribution in [1.29, 1.82) is 0 Å². The highest BCUT2D eigenvalue weighted by Crippen LogP contribution is 2.36. The Hall–Kier alpha value is -1.68. The molecule has 1 aliphatic carbocycles. The lowest BCUT2D eigenvalue weighted by molar-refractivity contribution is 0.0969. The van der Waals surface area contributed by atoms with Gasteiger partial charge in [0.15, 0.2) is 0 Å². The number of hydrogen-bond donors (Lipinski definition) is 3. The Bertz CT molecular complexity index is 572. The maximum Gasteiger partial charge on any atom is 0.0819 e. The van der Waals surface area contributed by atoms with Gasteiger partial charge < -0.3 is 15.9 Å². The number of hydrogen-bond acceptors (Lipinski definition) is 3. The third kappa shape index (κ3) is 3.00. The van der Waals surface area contributed by atoms with E-state index >= 15 is 0 Å². The van der Waals surface area contributed by atoms with Gasteiger partial charge in [0.05, 0.1) is 12.2 Å². The fraction of sp³-hybridized carbons (Fsp3) is 0.333. The van der Waals surface area contributed by atoms with Crippen molar-refractivity contribution < 1.29 is 10.2 Å². The Balaban J connectivity index is 1.75. The molecule has 0 aromatic heterocycles. The van der Waals surface area contributed by atoms with Gasteiger partial charge in [0.2, 0.25) is 0 Å². The molecule has 1 fully saturated rings. The van der Waals surface area contributed by atoms with Crippen LogP contribution in [0.3, 0.4) is 0 Å². The van der Waals surface area contributed by atoms with E-state index in [2.05, 4.69) is 12.1 Å². The van der Waals surface area contributed by atoms with E-state index in [4.69, 9.17) is 5.73 Å². The standard InChI is InChI=1S/C18H21NO2/c19-16-10-15(11-17(16)20)18(21)14-8-6-13(7-9-14)12-4-2-1-3-5-12/h1-9,15-18,20-21H,10-11,19H2. The minimum atomic E-state index is -0.557. The van der Waals surface area contributed by atoms with E-state index in [0.29, 0.717) is 12.8 Å². The summed E-state index contributed by atoms with van der Waals surface area (Å²) in [4.78, 5) is 0. The van der Waals surface area contributed by atoms with Crippen LogP contribution in [0.4, 0.5) is 0 Å². The van der Waals surface area contributed by atoms with Gasteiger partial charge in [-0.05, 0) is 35.4 Å². The highest BCUT2D eigenvalue weighted by Gasteiger charge is 2.35. The number of aliphatic hydroxyl groups excluding tert-OH is 2. The van der Waals surface area contributed by atoms with Crippen molar-refractivity contribution in [3.8, 4) is 11.1 Å². The van der Waals surface area contributed by atoms with E-state index in [1.165, 1.54) is 0 Å². The number of nitrogens with two attached hydrogens (primary N) is 1. The first-order valence-electron chi connectivity index (χ1n) is 7.42. The predicted octanol–water partition coefficient (Wildman–Crippen LogP) is 2.49. The summed E-state index contributed by atoms with van der Waals surface area (Å²) in [7, 11) is 0. The van der Waals surface area contributed by atoms with E-state index < -0.39 is 12.2 Å². The fourth-order valence-electron chi connectivity index (χ4n) is 3.12. The third-order valence-electron chi connectivity index (χ3n) is 4.42. The van der Waals surface area contributed by atoms with Gasteiger partial charge in [0.25, 0.3) is 0 Å². The molecule has 21 heavy (non-hydrogen) atoms. The molecule has 2 aromatic rings. The van der Waals surface area contributed by atoms with E-state index in [9.17, 15) is 10.2 Å². The molecule has 3 heteroatoms. The summed E-state index contributed by atoms with van der Waals surface area (Å²) in [5, 5.41) is 20.2. The quantitative estimate of drug-likeness (QED) is 0.810. The van der Waals surface area contributed by atoms with Gasteiger partial charge in [-0.3, -0.25) is 0 Å². The second-order valence-electron chi connectivity index (χ2n) is 5.90. The molecule has 1 saturated carbocycles. The summed E-state index contributed by atoms with van der Waals surface area (Å²) < 4.78 is 0. The van der Waals surface area contributed by atoms with E-state index in [1.54, 1.807) is 0 Å². The average molecular weight is 283 g/mol. The molecular formula is C18H21NO2. The second kappa shape index (κ2) is 5.98. The Labute approximate surface area is 125 Å². The van der Waals surface area contributed by atoms with Crippen molar-refractivity contribution in [2.24, 2.45) is 11.7 Å². The summed E-state index contributed by atoms with van der Waals surface area (Å²) in [6.45, 7) is 0. The highest BCUT2D eigenvalue weighted by atomic mass is 16.3. The van der Waals surface area contributed by atoms with E-state index in [1.807, 2.05) is 42.5 Å². The first-order valence-corrected chi connectivity index (χ1v) is 7.42. The van der Waals surface area contributed by atoms with Crippen LogP contribution < -0.4 is 5.73 Å². The summed E-state index contributed by atoms with van der Waals surface area (Å²) in [5.74, 6) is 0.0394. The molecule has 0 aliphatic heterocycles. The molecule has 4 N–H and O–H groups in total. The van der Waals surface area contributed by atoms with Crippen LogP contribution in [0.25, 0.3) is 11.1 Å². The molecule has 3 rings (SSSR count). The lowest BCUT2D eigenvalue weighted by atomic mass is 9.93. The summed E-state index contributed by atoms with van der Waals surface area (Å²) in [5.41, 5.74) is 9.01. The second-order valence-corrected chi connectivity index (χ2v) is 5.90. The zero-order valence-electron chi connectivity index (χ0n) is 11.9. The van der Waals surface area contributed by atoms with Gasteiger partial charge in [0, 0.05) is 6.04 Å². The molecule has 4 unspecified atom stereocenters. The van der Waals surface area contributed by atoms with Gasteiger partial charge in [0.1, 0.15) is 0 Å². The maximum atomic E-state index is 10.5. The first-order chi connectivity index (χ1) is 10.1. The molecule has 0 amide bonds. The van der Waals surface area contributed by atoms with Gasteiger partial charge in [-0.2, -0.15) is 0 Å². The lowest BCUT2D eigenvalue weighted by Crippen LogP contribution is -2.28. The number of rotatable bonds is 3. The molecule has 0 radical (unpaired) electrons. The van der Waals surface area contributed by atoms with Gasteiger partial charge in [-0.15, -0.1) is 0 Å². The Kier molecular flexibility index (Phi) is 4.06. The van der Waals surface area contributed by atoms with Crippen LogP contribution in [0.15, 0.2) is 54.6 Å². The predicted molar refractivity (Wildman–Crippen MR) is 83.5 cm³/mol. The van der Waals surface area contributed by atoms with Crippen LogP contribution in [-0.4, -0.2) is 22.4 Å². The van der Waals surface area contributed by atoms with Crippen LogP contribution in [0.2, 0.25) is 0 Å². The molecule has 3 nitrogen and oxygen atoms in total. The van der Waals surface area contributed by atoms with E-state index in [0.717, 1.165) is 16.7 Å². The average Bonchev–Trinajstić information content (AvgIpc) is 2.87. The molecule has 1 aliphatic rings. The van der Waals surface area contributed by atoms with Gasteiger partial charge in [-0.1, -0.05) is 54.6 Å². The zero-order valence-corrected chi connectivity index (χ0v) is 11.9. The molecule has 4 atom stereocenters. The van der Waals surface area contributed by atoms with E-state index in [-0.39, 0.29) is 12.0 Å². The van der Waals surface area contributed by atoms with Crippen LogP contribution in [0.1, 0.15) is 24.5 Å². The molecule has 0 heterocycles. The molecular weight excluding hydrogens is 262 g/mol. The maximum absolute atomic E-state index is 10.5. The molecule has 0 saturated heterocycles. The van der Waals surface area contributed by atoms with Crippen molar-refractivity contribution in [2.75, 3.05) is 0 Å². The smallest absolute Gasteiger partial charge is 0.0819 e. The third-order valence-corrected chi connectivity index (χ3v) is 4.42. The molecule has 0 bridgehead atoms. The highest BCUT2D eigenvalue weighted by molar-refractivity contribution is 5.63. The summed E-state index contributed by atoms with van der Waals surface area (Å²) in [6, 6.07) is 17.9. The topological polar surface area (TPSA) is 66.5 Å². The summed E-state index contributed by atoms with van der Waals surface area (Å²) in [6.07, 6.45) is 0.192. The summed E-state index contributed by atoms with van der Waals surface area (Å²) >= 11 is 0. The largest absolute Gasteiger partial charge is 0.392 e. The van der Waals surface area contributed by atoms with Crippen LogP contribution in [-0.2, 0) is 0 Å². The molecule has 110 valence electrons. The SMILES string of the molecule is NC1CC(C(O)c2ccc(-c3ccccc3)cc2)CC1O. The zero-order chi connectivity index (χ0) is 14.8. The monoisotopic (exact) mass is 283 g/mol. The minimum absolute atomic E-state index is 0.0394. The fourth-order valence-corrected chi connectivity index (χ4v) is 3.12. The van der Waals surface area contributed by atoms with Gasteiger partial charge >= 0.3 is 0 Å². The Morgan fingerprint density at radius 2 is 1.52 bits per heavy atom. The number of aliphatic hydroxyl groups is 2. The Morgan fingerprint density at radius 1 is 0.905 bits per heavy atom. The molecule has 2 aromatic carbocycles. The normalized spacial score (nSPS) is 26.7. The van der Waals surface area contributed by atoms with Crippen LogP contribution in [0.5, 0.6) is 0 Å². The van der Waals surface area contributed by atoms with Crippen molar-refractivity contribution in [3.63, 3.8) is 0 Å². The molecule has 0 spiro atoms. The lowest BCUT2D eigenvalue weighted by Gasteiger charge is -2.18. The van der Waals surface area contributed by atoms with Crippen molar-refractivity contribution >= 4 is 0 Å². The van der Waals surface area contributed by atoms with Crippen molar-refractivity contribution in [1.82, 2.24) is 0 Å². The first kappa shape index (κ1) is 14.3. The Morgan fingerprint density at radius 3 is 2.10 bits per heavy atom. The van der Waals surface area contributed by atoms with Crippen molar-refractivity contribution in [3.05, 3.63) is 60.2 Å².